The molecule has 172 valence electrons. The van der Waals surface area contributed by atoms with E-state index in [4.69, 9.17) is 10.2 Å². The zero-order valence-corrected chi connectivity index (χ0v) is 19.0. The molecule has 7 nitrogen and oxygen atoms in total. The van der Waals surface area contributed by atoms with Crippen molar-refractivity contribution in [2.75, 3.05) is 0 Å². The Morgan fingerprint density at radius 3 is 1.94 bits per heavy atom. The number of carbonyl (C=O) groups is 1. The van der Waals surface area contributed by atoms with Gasteiger partial charge < -0.3 is 25.5 Å². The minimum absolute atomic E-state index is 0.0137. The quantitative estimate of drug-likeness (QED) is 0.403. The zero-order chi connectivity index (χ0) is 24.4. The maximum atomic E-state index is 13.2. The predicted octanol–water partition coefficient (Wildman–Crippen LogP) is 4.69. The van der Waals surface area contributed by atoms with Gasteiger partial charge in [-0.1, -0.05) is 35.4 Å². The number of hydrogen-bond donors (Lipinski definition) is 4. The molecule has 7 heteroatoms. The molecule has 5 N–H and O–H groups in total. The number of rotatable bonds is 6. The third-order valence-corrected chi connectivity index (χ3v) is 5.32. The molecule has 0 radical (unpaired) electrons. The number of phenolic OH excluding ortho intramolecular Hbond substituents is 2. The van der Waals surface area contributed by atoms with Crippen LogP contribution in [0.25, 0.3) is 22.3 Å². The molecule has 1 aromatic heterocycles. The summed E-state index contributed by atoms with van der Waals surface area (Å²) in [6, 6.07) is 5.87. The lowest BCUT2D eigenvalue weighted by Gasteiger charge is -2.15. The molecule has 2 aromatic carbocycles. The van der Waals surface area contributed by atoms with E-state index in [9.17, 15) is 24.9 Å². The summed E-state index contributed by atoms with van der Waals surface area (Å²) in [5.41, 5.74) is 7.50. The molecule has 3 aromatic rings. The fraction of sp³-hybridized carbons (Fsp3) is 0.231. The third-order valence-electron chi connectivity index (χ3n) is 5.32. The second-order valence-corrected chi connectivity index (χ2v) is 8.38. The summed E-state index contributed by atoms with van der Waals surface area (Å²) in [6.07, 6.45) is 4.14. The summed E-state index contributed by atoms with van der Waals surface area (Å²) < 4.78 is 5.93. The highest BCUT2D eigenvalue weighted by Gasteiger charge is 2.25. The zero-order valence-electron chi connectivity index (χ0n) is 19.0. The summed E-state index contributed by atoms with van der Waals surface area (Å²) in [5.74, 6) is -2.04. The van der Waals surface area contributed by atoms with E-state index in [0.717, 1.165) is 11.1 Å². The Balaban J connectivity index is 2.38. The van der Waals surface area contributed by atoms with Crippen LogP contribution in [0.1, 0.15) is 49.2 Å². The first kappa shape index (κ1) is 23.7. The normalized spacial score (nSPS) is 10.8. The standard InChI is InChI=1S/C26H27NO6/c1-13(2)5-11-17-20(28)18(12-6-14(3)4)25-19(21(17)29)22(30)23(31)24(33-25)15-7-9-16(10-8-15)26(27)32/h5-10,28-29,31H,11-12H2,1-4H3,(H2,27,32). The van der Waals surface area contributed by atoms with Crippen LogP contribution in [0, 0.1) is 0 Å². The second-order valence-electron chi connectivity index (χ2n) is 8.38. The molecule has 0 fully saturated rings. The number of amides is 1. The largest absolute Gasteiger partial charge is 0.507 e. The van der Waals surface area contributed by atoms with Gasteiger partial charge in [-0.3, -0.25) is 9.59 Å². The number of nitrogens with two attached hydrogens (primary N) is 1. The molecule has 3 rings (SSSR count). The van der Waals surface area contributed by atoms with Gasteiger partial charge in [-0.25, -0.2) is 0 Å². The molecule has 0 saturated carbocycles. The Morgan fingerprint density at radius 2 is 1.42 bits per heavy atom. The Morgan fingerprint density at radius 1 is 0.879 bits per heavy atom. The first-order valence-corrected chi connectivity index (χ1v) is 10.4. The maximum absolute atomic E-state index is 13.2. The number of aromatic hydroxyl groups is 3. The lowest BCUT2D eigenvalue weighted by Crippen LogP contribution is -2.10. The Bertz CT molecular complexity index is 1350. The van der Waals surface area contributed by atoms with Crippen LogP contribution in [0.4, 0.5) is 0 Å². The van der Waals surface area contributed by atoms with Gasteiger partial charge in [0, 0.05) is 22.3 Å². The highest BCUT2D eigenvalue weighted by molar-refractivity contribution is 5.94. The number of benzene rings is 2. The molecule has 0 aliphatic rings. The van der Waals surface area contributed by atoms with Gasteiger partial charge in [0.05, 0.1) is 0 Å². The number of carbonyl (C=O) groups excluding carboxylic acids is 1. The van der Waals surface area contributed by atoms with Gasteiger partial charge in [-0.2, -0.15) is 0 Å². The van der Waals surface area contributed by atoms with Gasteiger partial charge in [0.25, 0.3) is 0 Å². The van der Waals surface area contributed by atoms with Crippen LogP contribution in [-0.2, 0) is 12.8 Å². The predicted molar refractivity (Wildman–Crippen MR) is 128 cm³/mol. The van der Waals surface area contributed by atoms with Crippen molar-refractivity contribution in [1.82, 2.24) is 0 Å². The van der Waals surface area contributed by atoms with Crippen molar-refractivity contribution in [2.45, 2.75) is 40.5 Å². The molecule has 33 heavy (non-hydrogen) atoms. The number of allylic oxidation sites excluding steroid dienone is 4. The fourth-order valence-corrected chi connectivity index (χ4v) is 3.48. The molecule has 0 aliphatic heterocycles. The van der Waals surface area contributed by atoms with E-state index in [0.29, 0.717) is 11.1 Å². The molecule has 0 atom stereocenters. The number of hydrogen-bond acceptors (Lipinski definition) is 6. The van der Waals surface area contributed by atoms with Crippen LogP contribution in [0.15, 0.2) is 56.8 Å². The average Bonchev–Trinajstić information content (AvgIpc) is 2.75. The third kappa shape index (κ3) is 4.62. The van der Waals surface area contributed by atoms with E-state index in [-0.39, 0.29) is 46.4 Å². The minimum Gasteiger partial charge on any atom is -0.507 e. The first-order valence-electron chi connectivity index (χ1n) is 10.4. The minimum atomic E-state index is -0.820. The lowest BCUT2D eigenvalue weighted by molar-refractivity contribution is 0.100. The van der Waals surface area contributed by atoms with E-state index in [1.54, 1.807) is 0 Å². The lowest BCUT2D eigenvalue weighted by atomic mass is 9.96. The van der Waals surface area contributed by atoms with Crippen LogP contribution in [0.3, 0.4) is 0 Å². The second kappa shape index (κ2) is 9.24. The van der Waals surface area contributed by atoms with Crippen LogP contribution in [-0.4, -0.2) is 21.2 Å². The van der Waals surface area contributed by atoms with Crippen molar-refractivity contribution in [3.63, 3.8) is 0 Å². The smallest absolute Gasteiger partial charge is 0.248 e. The van der Waals surface area contributed by atoms with Gasteiger partial charge in [-0.15, -0.1) is 0 Å². The van der Waals surface area contributed by atoms with E-state index in [1.165, 1.54) is 24.3 Å². The number of fused-ring (bicyclic) bond motifs is 1. The number of primary amides is 1. The molecule has 0 unspecified atom stereocenters. The average molecular weight is 450 g/mol. The highest BCUT2D eigenvalue weighted by Crippen LogP contribution is 2.42. The molecule has 1 heterocycles. The monoisotopic (exact) mass is 449 g/mol. The van der Waals surface area contributed by atoms with Crippen molar-refractivity contribution in [3.8, 4) is 28.6 Å². The van der Waals surface area contributed by atoms with Crippen LogP contribution < -0.4 is 11.2 Å². The van der Waals surface area contributed by atoms with E-state index >= 15 is 0 Å². The topological polar surface area (TPSA) is 134 Å². The van der Waals surface area contributed by atoms with Gasteiger partial charge in [0.1, 0.15) is 22.5 Å². The Labute approximate surface area is 191 Å². The van der Waals surface area contributed by atoms with Gasteiger partial charge in [0.2, 0.25) is 17.1 Å². The summed E-state index contributed by atoms with van der Waals surface area (Å²) in [6.45, 7) is 7.57. The van der Waals surface area contributed by atoms with Crippen molar-refractivity contribution in [2.24, 2.45) is 5.73 Å². The summed E-state index contributed by atoms with van der Waals surface area (Å²) in [4.78, 5) is 24.5. The SMILES string of the molecule is CC(C)=CCc1c(O)c(CC=C(C)C)c2oc(-c3ccc(C(N)=O)cc3)c(O)c(=O)c2c1O. The van der Waals surface area contributed by atoms with Gasteiger partial charge in [-0.05, 0) is 52.7 Å². The maximum Gasteiger partial charge on any atom is 0.248 e. The van der Waals surface area contributed by atoms with Crippen molar-refractivity contribution in [3.05, 3.63) is 74.5 Å². The molecular weight excluding hydrogens is 422 g/mol. The van der Waals surface area contributed by atoms with E-state index in [1.807, 2.05) is 39.8 Å². The molecular formula is C26H27NO6. The molecule has 1 amide bonds. The highest BCUT2D eigenvalue weighted by atomic mass is 16.4. The van der Waals surface area contributed by atoms with E-state index in [2.05, 4.69) is 0 Å². The number of phenols is 2. The van der Waals surface area contributed by atoms with Crippen molar-refractivity contribution >= 4 is 16.9 Å². The Hall–Kier alpha value is -4.00. The fourth-order valence-electron chi connectivity index (χ4n) is 3.48. The molecule has 0 bridgehead atoms. The van der Waals surface area contributed by atoms with Gasteiger partial charge >= 0.3 is 0 Å². The van der Waals surface area contributed by atoms with Gasteiger partial charge in [0.15, 0.2) is 5.76 Å². The first-order chi connectivity index (χ1) is 15.5. The van der Waals surface area contributed by atoms with E-state index < -0.39 is 22.8 Å². The van der Waals surface area contributed by atoms with Crippen LogP contribution in [0.2, 0.25) is 0 Å². The molecule has 0 saturated heterocycles. The Kier molecular flexibility index (Phi) is 6.62. The summed E-state index contributed by atoms with van der Waals surface area (Å²) >= 11 is 0. The summed E-state index contributed by atoms with van der Waals surface area (Å²) in [5, 5.41) is 32.3. The van der Waals surface area contributed by atoms with Crippen LogP contribution in [0.5, 0.6) is 17.2 Å². The van der Waals surface area contributed by atoms with Crippen molar-refractivity contribution in [1.29, 1.82) is 0 Å². The summed E-state index contributed by atoms with van der Waals surface area (Å²) in [7, 11) is 0. The molecule has 0 aliphatic carbocycles. The molecule has 0 spiro atoms. The van der Waals surface area contributed by atoms with Crippen LogP contribution >= 0.6 is 0 Å². The van der Waals surface area contributed by atoms with Crippen molar-refractivity contribution < 1.29 is 24.5 Å².